The van der Waals surface area contributed by atoms with Gasteiger partial charge in [0.25, 0.3) is 0 Å². The third-order valence-corrected chi connectivity index (χ3v) is 4.87. The molecule has 0 N–H and O–H groups in total. The van der Waals surface area contributed by atoms with E-state index in [-0.39, 0.29) is 6.10 Å². The van der Waals surface area contributed by atoms with Gasteiger partial charge in [-0.1, -0.05) is 12.1 Å². The number of aromatic nitrogens is 3. The van der Waals surface area contributed by atoms with Gasteiger partial charge < -0.3 is 9.14 Å². The molecule has 1 fully saturated rings. The van der Waals surface area contributed by atoms with Gasteiger partial charge in [-0.15, -0.1) is 0 Å². The van der Waals surface area contributed by atoms with E-state index in [0.29, 0.717) is 6.61 Å². The van der Waals surface area contributed by atoms with E-state index in [9.17, 15) is 0 Å². The summed E-state index contributed by atoms with van der Waals surface area (Å²) in [7, 11) is 0. The second-order valence-electron chi connectivity index (χ2n) is 6.74. The number of pyridine rings is 2. The predicted molar refractivity (Wildman–Crippen MR) is 97.3 cm³/mol. The maximum absolute atomic E-state index is 6.13. The monoisotopic (exact) mass is 336 g/mol. The Bertz CT molecular complexity index is 830. The van der Waals surface area contributed by atoms with Gasteiger partial charge in [-0.2, -0.15) is 0 Å². The van der Waals surface area contributed by atoms with Crippen LogP contribution in [0, 0.1) is 6.92 Å². The summed E-state index contributed by atoms with van der Waals surface area (Å²) in [6.07, 6.45) is 8.36. The zero-order valence-corrected chi connectivity index (χ0v) is 14.6. The molecule has 1 aliphatic heterocycles. The molecule has 1 unspecified atom stereocenters. The van der Waals surface area contributed by atoms with E-state index in [2.05, 4.69) is 50.6 Å². The third-order valence-electron chi connectivity index (χ3n) is 4.87. The van der Waals surface area contributed by atoms with Crippen molar-refractivity contribution in [1.82, 2.24) is 19.3 Å². The third kappa shape index (κ3) is 3.72. The van der Waals surface area contributed by atoms with Crippen molar-refractivity contribution in [3.8, 4) is 0 Å². The van der Waals surface area contributed by atoms with Crippen molar-refractivity contribution in [1.29, 1.82) is 0 Å². The van der Waals surface area contributed by atoms with Crippen LogP contribution in [0.3, 0.4) is 0 Å². The van der Waals surface area contributed by atoms with Crippen molar-refractivity contribution in [2.75, 3.05) is 13.1 Å². The number of ether oxygens (including phenoxy) is 1. The molecule has 0 aliphatic carbocycles. The number of hydrogen-bond acceptors (Lipinski definition) is 4. The van der Waals surface area contributed by atoms with Crippen LogP contribution in [0.5, 0.6) is 0 Å². The highest BCUT2D eigenvalue weighted by atomic mass is 16.5. The average molecular weight is 336 g/mol. The van der Waals surface area contributed by atoms with Gasteiger partial charge in [-0.3, -0.25) is 9.88 Å². The van der Waals surface area contributed by atoms with Gasteiger partial charge in [-0.05, 0) is 50.1 Å². The van der Waals surface area contributed by atoms with E-state index >= 15 is 0 Å². The molecule has 0 spiro atoms. The lowest BCUT2D eigenvalue weighted by Gasteiger charge is -2.32. The molecule has 0 amide bonds. The summed E-state index contributed by atoms with van der Waals surface area (Å²) in [6.45, 7) is 5.75. The second kappa shape index (κ2) is 7.33. The van der Waals surface area contributed by atoms with E-state index in [1.54, 1.807) is 6.20 Å². The molecule has 4 rings (SSSR count). The first-order valence-electron chi connectivity index (χ1n) is 8.95. The van der Waals surface area contributed by atoms with Crippen LogP contribution in [-0.2, 0) is 17.9 Å². The second-order valence-corrected chi connectivity index (χ2v) is 6.74. The van der Waals surface area contributed by atoms with E-state index in [1.807, 2.05) is 18.3 Å². The molecule has 5 nitrogen and oxygen atoms in total. The number of aryl methyl sites for hydroxylation is 1. The van der Waals surface area contributed by atoms with E-state index < -0.39 is 0 Å². The topological polar surface area (TPSA) is 42.7 Å². The van der Waals surface area contributed by atoms with Crippen LogP contribution in [0.25, 0.3) is 5.65 Å². The minimum atomic E-state index is 0.286. The first-order valence-corrected chi connectivity index (χ1v) is 8.95. The number of fused-ring (bicyclic) bond motifs is 1. The Hall–Kier alpha value is -2.24. The predicted octanol–water partition coefficient (Wildman–Crippen LogP) is 3.22. The molecule has 5 heteroatoms. The summed E-state index contributed by atoms with van der Waals surface area (Å²) in [6, 6.07) is 10.2. The van der Waals surface area contributed by atoms with Crippen LogP contribution in [0.4, 0.5) is 0 Å². The molecule has 0 saturated carbocycles. The Morgan fingerprint density at radius 2 is 2.20 bits per heavy atom. The van der Waals surface area contributed by atoms with E-state index in [4.69, 9.17) is 4.74 Å². The molecule has 3 aromatic rings. The largest absolute Gasteiger partial charge is 0.372 e. The van der Waals surface area contributed by atoms with Crippen molar-refractivity contribution >= 4 is 5.65 Å². The summed E-state index contributed by atoms with van der Waals surface area (Å²) >= 11 is 0. The molecule has 0 radical (unpaired) electrons. The van der Waals surface area contributed by atoms with Gasteiger partial charge in [0.15, 0.2) is 0 Å². The van der Waals surface area contributed by atoms with Crippen molar-refractivity contribution in [3.63, 3.8) is 0 Å². The van der Waals surface area contributed by atoms with Crippen molar-refractivity contribution < 1.29 is 4.74 Å². The molecule has 25 heavy (non-hydrogen) atoms. The normalized spacial score (nSPS) is 18.7. The number of nitrogens with zero attached hydrogens (tertiary/aromatic N) is 4. The molecular weight excluding hydrogens is 312 g/mol. The summed E-state index contributed by atoms with van der Waals surface area (Å²) in [4.78, 5) is 11.3. The zero-order valence-electron chi connectivity index (χ0n) is 14.6. The Kier molecular flexibility index (Phi) is 4.76. The molecule has 0 aromatic carbocycles. The smallest absolute Gasteiger partial charge is 0.137 e. The van der Waals surface area contributed by atoms with Gasteiger partial charge >= 0.3 is 0 Å². The molecule has 1 aliphatic rings. The van der Waals surface area contributed by atoms with Crippen LogP contribution in [0.2, 0.25) is 0 Å². The first kappa shape index (κ1) is 16.2. The molecule has 130 valence electrons. The number of piperidine rings is 1. The number of rotatable bonds is 5. The summed E-state index contributed by atoms with van der Waals surface area (Å²) in [5, 5.41) is 0. The number of hydrogen-bond donors (Lipinski definition) is 0. The lowest BCUT2D eigenvalue weighted by atomic mass is 10.1. The minimum absolute atomic E-state index is 0.286. The Morgan fingerprint density at radius 1 is 1.24 bits per heavy atom. The van der Waals surface area contributed by atoms with Gasteiger partial charge in [0.1, 0.15) is 5.65 Å². The first-order chi connectivity index (χ1) is 12.3. The lowest BCUT2D eigenvalue weighted by Crippen LogP contribution is -2.39. The van der Waals surface area contributed by atoms with Gasteiger partial charge in [-0.25, -0.2) is 4.98 Å². The Morgan fingerprint density at radius 3 is 3.08 bits per heavy atom. The fourth-order valence-electron chi connectivity index (χ4n) is 3.56. The standard InChI is InChI=1S/C20H24N4O/c1-16-19(24-11-3-2-8-20(24)22-16)14-23-10-5-7-18(13-23)25-15-17-6-4-9-21-12-17/h2-4,6,8-9,11-12,18H,5,7,10,13-15H2,1H3. The van der Waals surface area contributed by atoms with Gasteiger partial charge in [0, 0.05) is 31.7 Å². The van der Waals surface area contributed by atoms with Crippen LogP contribution in [0.15, 0.2) is 48.9 Å². The summed E-state index contributed by atoms with van der Waals surface area (Å²) < 4.78 is 8.34. The number of likely N-dealkylation sites (tertiary alicyclic amines) is 1. The molecule has 4 heterocycles. The fourth-order valence-corrected chi connectivity index (χ4v) is 3.56. The highest BCUT2D eigenvalue weighted by Gasteiger charge is 2.22. The molecule has 3 aromatic heterocycles. The highest BCUT2D eigenvalue weighted by molar-refractivity contribution is 5.42. The highest BCUT2D eigenvalue weighted by Crippen LogP contribution is 2.19. The van der Waals surface area contributed by atoms with E-state index in [1.165, 1.54) is 12.1 Å². The van der Waals surface area contributed by atoms with Crippen LogP contribution >= 0.6 is 0 Å². The zero-order chi connectivity index (χ0) is 17.1. The van der Waals surface area contributed by atoms with Gasteiger partial charge in [0.2, 0.25) is 0 Å². The average Bonchev–Trinajstić information content (AvgIpc) is 2.97. The van der Waals surface area contributed by atoms with Crippen LogP contribution in [0.1, 0.15) is 29.8 Å². The van der Waals surface area contributed by atoms with Crippen molar-refractivity contribution in [2.24, 2.45) is 0 Å². The SMILES string of the molecule is Cc1nc2ccccn2c1CN1CCCC(OCc2cccnc2)C1. The maximum atomic E-state index is 6.13. The molecule has 0 bridgehead atoms. The van der Waals surface area contributed by atoms with E-state index in [0.717, 1.165) is 43.0 Å². The van der Waals surface area contributed by atoms with Crippen molar-refractivity contribution in [2.45, 2.75) is 39.0 Å². The Labute approximate surface area is 148 Å². The molecule has 1 saturated heterocycles. The van der Waals surface area contributed by atoms with Gasteiger partial charge in [0.05, 0.1) is 24.1 Å². The number of imidazole rings is 1. The summed E-state index contributed by atoms with van der Waals surface area (Å²) in [5.74, 6) is 0. The van der Waals surface area contributed by atoms with Crippen molar-refractivity contribution in [3.05, 3.63) is 65.9 Å². The quantitative estimate of drug-likeness (QED) is 0.717. The molecule has 1 atom stereocenters. The lowest BCUT2D eigenvalue weighted by molar-refractivity contribution is -0.0125. The summed E-state index contributed by atoms with van der Waals surface area (Å²) in [5.41, 5.74) is 4.56. The minimum Gasteiger partial charge on any atom is -0.372 e. The molecular formula is C20H24N4O. The van der Waals surface area contributed by atoms with Crippen LogP contribution < -0.4 is 0 Å². The Balaban J connectivity index is 1.40. The van der Waals surface area contributed by atoms with Crippen LogP contribution in [-0.4, -0.2) is 38.5 Å². The maximum Gasteiger partial charge on any atom is 0.137 e. The fraction of sp³-hybridized carbons (Fsp3) is 0.400.